The van der Waals surface area contributed by atoms with Crippen molar-refractivity contribution in [1.29, 1.82) is 0 Å². The Kier molecular flexibility index (Phi) is 5.94. The van der Waals surface area contributed by atoms with Crippen molar-refractivity contribution < 1.29 is 9.47 Å². The van der Waals surface area contributed by atoms with Gasteiger partial charge in [-0.1, -0.05) is 54.6 Å². The van der Waals surface area contributed by atoms with Gasteiger partial charge in [-0.2, -0.15) is 0 Å². The number of methoxy groups -OCH3 is 2. The van der Waals surface area contributed by atoms with Gasteiger partial charge in [0.2, 0.25) is 0 Å². The number of hydrogen-bond donors (Lipinski definition) is 1. The molecule has 3 heteroatoms. The van der Waals surface area contributed by atoms with Crippen molar-refractivity contribution in [2.75, 3.05) is 19.5 Å². The molecule has 0 atom stereocenters. The zero-order valence-corrected chi connectivity index (χ0v) is 15.1. The van der Waals surface area contributed by atoms with Crippen molar-refractivity contribution in [1.82, 2.24) is 0 Å². The summed E-state index contributed by atoms with van der Waals surface area (Å²) in [5.74, 6) is 1.56. The van der Waals surface area contributed by atoms with E-state index in [4.69, 9.17) is 9.47 Å². The molecule has 0 spiro atoms. The lowest BCUT2D eigenvalue weighted by Gasteiger charge is -2.07. The van der Waals surface area contributed by atoms with E-state index in [1.54, 1.807) is 14.2 Å². The number of nitrogens with one attached hydrogen (secondary N) is 1. The highest BCUT2D eigenvalue weighted by Gasteiger charge is 1.99. The van der Waals surface area contributed by atoms with E-state index in [1.165, 1.54) is 5.56 Å². The summed E-state index contributed by atoms with van der Waals surface area (Å²) >= 11 is 0. The molecule has 3 nitrogen and oxygen atoms in total. The third kappa shape index (κ3) is 4.90. The summed E-state index contributed by atoms with van der Waals surface area (Å²) in [5, 5.41) is 3.43. The fraction of sp³-hybridized carbons (Fsp3) is 0.130. The molecule has 0 heterocycles. The molecule has 26 heavy (non-hydrogen) atoms. The van der Waals surface area contributed by atoms with Crippen LogP contribution in [0.2, 0.25) is 0 Å². The van der Waals surface area contributed by atoms with Crippen molar-refractivity contribution in [3.63, 3.8) is 0 Å². The van der Waals surface area contributed by atoms with Crippen LogP contribution in [0.15, 0.2) is 72.8 Å². The van der Waals surface area contributed by atoms with E-state index in [2.05, 4.69) is 66.0 Å². The minimum Gasteiger partial charge on any atom is -0.497 e. The smallest absolute Gasteiger partial charge is 0.123 e. The van der Waals surface area contributed by atoms with Gasteiger partial charge in [0.1, 0.15) is 11.5 Å². The van der Waals surface area contributed by atoms with Gasteiger partial charge in [0.25, 0.3) is 0 Å². The maximum absolute atomic E-state index is 5.31. The topological polar surface area (TPSA) is 30.5 Å². The summed E-state index contributed by atoms with van der Waals surface area (Å²) in [6.45, 7) is 0.819. The van der Waals surface area contributed by atoms with Crippen LogP contribution in [-0.4, -0.2) is 14.2 Å². The minimum absolute atomic E-state index is 0.782. The molecule has 0 aliphatic heterocycles. The Morgan fingerprint density at radius 1 is 0.731 bits per heavy atom. The fourth-order valence-electron chi connectivity index (χ4n) is 2.63. The van der Waals surface area contributed by atoms with Crippen LogP contribution in [0.3, 0.4) is 0 Å². The quantitative estimate of drug-likeness (QED) is 0.575. The summed E-state index contributed by atoms with van der Waals surface area (Å²) in [4.78, 5) is 0. The van der Waals surface area contributed by atoms with Crippen LogP contribution in [0.4, 0.5) is 5.69 Å². The lowest BCUT2D eigenvalue weighted by atomic mass is 10.1. The summed E-state index contributed by atoms with van der Waals surface area (Å²) in [7, 11) is 3.31. The van der Waals surface area contributed by atoms with Crippen molar-refractivity contribution in [2.45, 2.75) is 6.54 Å². The van der Waals surface area contributed by atoms with Crippen LogP contribution in [0.1, 0.15) is 16.7 Å². The number of benzene rings is 3. The van der Waals surface area contributed by atoms with E-state index in [1.807, 2.05) is 24.3 Å². The summed E-state index contributed by atoms with van der Waals surface area (Å²) in [6, 6.07) is 24.6. The highest BCUT2D eigenvalue weighted by atomic mass is 16.5. The Morgan fingerprint density at radius 2 is 1.35 bits per heavy atom. The van der Waals surface area contributed by atoms with Gasteiger partial charge in [-0.05, 0) is 41.0 Å². The highest BCUT2D eigenvalue weighted by molar-refractivity contribution is 5.71. The van der Waals surface area contributed by atoms with Crippen LogP contribution in [-0.2, 0) is 6.54 Å². The monoisotopic (exact) mass is 345 g/mol. The van der Waals surface area contributed by atoms with Gasteiger partial charge in [-0.25, -0.2) is 0 Å². The molecule has 3 aromatic rings. The van der Waals surface area contributed by atoms with Gasteiger partial charge in [0.15, 0.2) is 0 Å². The van der Waals surface area contributed by atoms with E-state index in [9.17, 15) is 0 Å². The second kappa shape index (κ2) is 8.77. The molecule has 1 N–H and O–H groups in total. The lowest BCUT2D eigenvalue weighted by Crippen LogP contribution is -1.98. The predicted molar refractivity (Wildman–Crippen MR) is 109 cm³/mol. The third-order valence-electron chi connectivity index (χ3n) is 4.09. The number of ether oxygens (including phenoxy) is 2. The van der Waals surface area contributed by atoms with Gasteiger partial charge in [-0.15, -0.1) is 0 Å². The van der Waals surface area contributed by atoms with Crippen LogP contribution in [0.5, 0.6) is 11.5 Å². The van der Waals surface area contributed by atoms with E-state index >= 15 is 0 Å². The highest BCUT2D eigenvalue weighted by Crippen LogP contribution is 2.24. The molecule has 3 aromatic carbocycles. The Balaban J connectivity index is 1.64. The molecule has 3 rings (SSSR count). The Hall–Kier alpha value is -3.20. The van der Waals surface area contributed by atoms with Crippen molar-refractivity contribution in [2.24, 2.45) is 0 Å². The van der Waals surface area contributed by atoms with E-state index < -0.39 is 0 Å². The molecule has 0 aliphatic carbocycles. The van der Waals surface area contributed by atoms with Crippen LogP contribution in [0.25, 0.3) is 12.2 Å². The number of hydrogen-bond acceptors (Lipinski definition) is 3. The minimum atomic E-state index is 0.782. The number of anilines is 1. The van der Waals surface area contributed by atoms with Gasteiger partial charge in [-0.3, -0.25) is 0 Å². The van der Waals surface area contributed by atoms with Gasteiger partial charge < -0.3 is 14.8 Å². The summed E-state index contributed by atoms with van der Waals surface area (Å²) in [5.41, 5.74) is 4.54. The molecule has 0 fully saturated rings. The fourth-order valence-corrected chi connectivity index (χ4v) is 2.63. The second-order valence-electron chi connectivity index (χ2n) is 5.94. The molecular formula is C23H23NO2. The first-order chi connectivity index (χ1) is 12.8. The first kappa shape index (κ1) is 17.6. The van der Waals surface area contributed by atoms with Crippen LogP contribution in [0, 0.1) is 0 Å². The van der Waals surface area contributed by atoms with Gasteiger partial charge in [0, 0.05) is 18.3 Å². The molecular weight excluding hydrogens is 322 g/mol. The average molecular weight is 345 g/mol. The van der Waals surface area contributed by atoms with Crippen molar-refractivity contribution in [3.05, 3.63) is 89.5 Å². The molecule has 0 bridgehead atoms. The summed E-state index contributed by atoms with van der Waals surface area (Å²) in [6.07, 6.45) is 4.13. The summed E-state index contributed by atoms with van der Waals surface area (Å²) < 4.78 is 10.6. The zero-order valence-electron chi connectivity index (χ0n) is 15.1. The lowest BCUT2D eigenvalue weighted by molar-refractivity contribution is 0.394. The molecule has 0 aliphatic rings. The normalized spacial score (nSPS) is 10.7. The maximum Gasteiger partial charge on any atom is 0.123 e. The molecule has 0 saturated heterocycles. The van der Waals surface area contributed by atoms with Crippen LogP contribution >= 0.6 is 0 Å². The average Bonchev–Trinajstić information content (AvgIpc) is 2.72. The standard InChI is InChI=1S/C23H23NO2/c1-25-22-14-20(15-23(16-22)26-2)9-8-18-10-12-21(13-11-18)24-17-19-6-4-3-5-7-19/h3-16,24H,17H2,1-2H3. The second-order valence-corrected chi connectivity index (χ2v) is 5.94. The zero-order chi connectivity index (χ0) is 18.2. The first-order valence-corrected chi connectivity index (χ1v) is 8.56. The van der Waals surface area contributed by atoms with Crippen molar-refractivity contribution in [3.8, 4) is 11.5 Å². The molecule has 0 aromatic heterocycles. The van der Waals surface area contributed by atoms with Crippen molar-refractivity contribution >= 4 is 17.8 Å². The molecule has 0 radical (unpaired) electrons. The number of rotatable bonds is 7. The molecule has 0 unspecified atom stereocenters. The van der Waals surface area contributed by atoms with Crippen LogP contribution < -0.4 is 14.8 Å². The van der Waals surface area contributed by atoms with E-state index in [-0.39, 0.29) is 0 Å². The van der Waals surface area contributed by atoms with Gasteiger partial charge in [0.05, 0.1) is 14.2 Å². The SMILES string of the molecule is COc1cc(C=Cc2ccc(NCc3ccccc3)cc2)cc(OC)c1. The Bertz CT molecular complexity index is 833. The van der Waals surface area contributed by atoms with E-state index in [0.29, 0.717) is 0 Å². The molecule has 132 valence electrons. The Labute approximate surface area is 154 Å². The Morgan fingerprint density at radius 3 is 1.96 bits per heavy atom. The predicted octanol–water partition coefficient (Wildman–Crippen LogP) is 5.49. The first-order valence-electron chi connectivity index (χ1n) is 8.56. The largest absolute Gasteiger partial charge is 0.497 e. The van der Waals surface area contributed by atoms with Gasteiger partial charge >= 0.3 is 0 Å². The van der Waals surface area contributed by atoms with E-state index in [0.717, 1.165) is 34.9 Å². The maximum atomic E-state index is 5.31. The molecule has 0 saturated carbocycles. The third-order valence-corrected chi connectivity index (χ3v) is 4.09. The molecule has 0 amide bonds.